The molecule has 5 rings (SSSR count). The summed E-state index contributed by atoms with van der Waals surface area (Å²) in [6, 6.07) is 21.8. The molecule has 3 nitrogen and oxygen atoms in total. The maximum Gasteiger partial charge on any atom is 0.121 e. The standard InChI is InChI=1S/C29H25N3/c1-4-10-18(15-30)26-19-11-6-8-13-21(19)28-24(26)17(3)25-27(23(16-31)32-5-2)20-12-7-9-14-22(20)29(25)28/h6-9,11-14,17,32H,4-5,10H2,1-3H3/b26-18+,27-23-. The molecule has 0 bridgehead atoms. The van der Waals surface area contributed by atoms with Crippen molar-refractivity contribution in [2.45, 2.75) is 33.6 Å². The highest BCUT2D eigenvalue weighted by Gasteiger charge is 2.46. The Bertz CT molecular complexity index is 1260. The zero-order chi connectivity index (χ0) is 22.4. The second-order valence-corrected chi connectivity index (χ2v) is 8.50. The van der Waals surface area contributed by atoms with Crippen LogP contribution in [0.2, 0.25) is 0 Å². The van der Waals surface area contributed by atoms with Crippen molar-refractivity contribution >= 4 is 22.3 Å². The van der Waals surface area contributed by atoms with E-state index < -0.39 is 0 Å². The first kappa shape index (κ1) is 20.1. The Morgan fingerprint density at radius 3 is 1.84 bits per heavy atom. The van der Waals surface area contributed by atoms with Gasteiger partial charge in [0.1, 0.15) is 11.8 Å². The number of allylic oxidation sites excluding steroid dienone is 8. The second-order valence-electron chi connectivity index (χ2n) is 8.50. The first-order chi connectivity index (χ1) is 15.7. The highest BCUT2D eigenvalue weighted by molar-refractivity contribution is 6.27. The van der Waals surface area contributed by atoms with Crippen LogP contribution in [0.25, 0.3) is 22.3 Å². The summed E-state index contributed by atoms with van der Waals surface area (Å²) in [6.45, 7) is 7.07. The summed E-state index contributed by atoms with van der Waals surface area (Å²) >= 11 is 0. The first-order valence-electron chi connectivity index (χ1n) is 11.4. The van der Waals surface area contributed by atoms with Gasteiger partial charge < -0.3 is 5.32 Å². The van der Waals surface area contributed by atoms with E-state index in [1.54, 1.807) is 0 Å². The molecule has 2 aromatic rings. The van der Waals surface area contributed by atoms with Gasteiger partial charge in [-0.15, -0.1) is 0 Å². The van der Waals surface area contributed by atoms with Crippen LogP contribution in [0.3, 0.4) is 0 Å². The van der Waals surface area contributed by atoms with Crippen LogP contribution in [0.4, 0.5) is 0 Å². The van der Waals surface area contributed by atoms with Crippen LogP contribution in [0.5, 0.6) is 0 Å². The zero-order valence-electron chi connectivity index (χ0n) is 18.7. The van der Waals surface area contributed by atoms with Crippen molar-refractivity contribution in [3.8, 4) is 12.1 Å². The minimum absolute atomic E-state index is 0.104. The molecule has 3 aliphatic rings. The van der Waals surface area contributed by atoms with Crippen molar-refractivity contribution in [1.82, 2.24) is 5.32 Å². The number of hydrogen-bond donors (Lipinski definition) is 1. The van der Waals surface area contributed by atoms with Gasteiger partial charge in [-0.2, -0.15) is 10.5 Å². The number of rotatable bonds is 4. The van der Waals surface area contributed by atoms with Crippen molar-refractivity contribution in [2.24, 2.45) is 5.92 Å². The fourth-order valence-corrected chi connectivity index (χ4v) is 5.66. The summed E-state index contributed by atoms with van der Waals surface area (Å²) in [4.78, 5) is 0. The smallest absolute Gasteiger partial charge is 0.121 e. The normalized spacial score (nSPS) is 20.8. The molecule has 0 saturated heterocycles. The van der Waals surface area contributed by atoms with Crippen molar-refractivity contribution < 1.29 is 0 Å². The molecule has 0 radical (unpaired) electrons. The van der Waals surface area contributed by atoms with Gasteiger partial charge in [-0.25, -0.2) is 0 Å². The summed E-state index contributed by atoms with van der Waals surface area (Å²) in [5, 5.41) is 23.4. The van der Waals surface area contributed by atoms with E-state index in [2.05, 4.69) is 73.8 Å². The lowest BCUT2D eigenvalue weighted by Gasteiger charge is -2.20. The van der Waals surface area contributed by atoms with Crippen molar-refractivity contribution in [2.75, 3.05) is 6.54 Å². The molecule has 3 heteroatoms. The van der Waals surface area contributed by atoms with Crippen LogP contribution in [-0.2, 0) is 0 Å². The van der Waals surface area contributed by atoms with Gasteiger partial charge in [-0.3, -0.25) is 0 Å². The van der Waals surface area contributed by atoms with Crippen molar-refractivity contribution in [3.63, 3.8) is 0 Å². The molecule has 0 heterocycles. The fourth-order valence-electron chi connectivity index (χ4n) is 5.66. The Morgan fingerprint density at radius 2 is 1.34 bits per heavy atom. The fraction of sp³-hybridized carbons (Fsp3) is 0.241. The summed E-state index contributed by atoms with van der Waals surface area (Å²) in [5.41, 5.74) is 13.3. The molecule has 0 aromatic heterocycles. The van der Waals surface area contributed by atoms with Crippen LogP contribution in [0.1, 0.15) is 55.9 Å². The molecular weight excluding hydrogens is 390 g/mol. The van der Waals surface area contributed by atoms with Gasteiger partial charge in [0, 0.05) is 29.2 Å². The molecule has 2 aromatic carbocycles. The summed E-state index contributed by atoms with van der Waals surface area (Å²) < 4.78 is 0. The predicted molar refractivity (Wildman–Crippen MR) is 130 cm³/mol. The van der Waals surface area contributed by atoms with Crippen LogP contribution in [-0.4, -0.2) is 6.54 Å². The summed E-state index contributed by atoms with van der Waals surface area (Å²) in [5.74, 6) is 0.104. The molecule has 1 N–H and O–H groups in total. The van der Waals surface area contributed by atoms with Gasteiger partial charge >= 0.3 is 0 Å². The van der Waals surface area contributed by atoms with Gasteiger partial charge in [0.2, 0.25) is 0 Å². The third-order valence-electron chi connectivity index (χ3n) is 6.78. The largest absolute Gasteiger partial charge is 0.376 e. The third-order valence-corrected chi connectivity index (χ3v) is 6.78. The molecule has 3 aliphatic carbocycles. The maximum absolute atomic E-state index is 10.1. The number of nitriles is 2. The summed E-state index contributed by atoms with van der Waals surface area (Å²) in [7, 11) is 0. The molecule has 1 unspecified atom stereocenters. The average Bonchev–Trinajstić information content (AvgIpc) is 3.43. The van der Waals surface area contributed by atoms with Gasteiger partial charge in [-0.05, 0) is 57.9 Å². The average molecular weight is 416 g/mol. The highest BCUT2D eigenvalue weighted by atomic mass is 14.9. The lowest BCUT2D eigenvalue weighted by molar-refractivity contribution is 0.858. The molecule has 32 heavy (non-hydrogen) atoms. The third kappa shape index (κ3) is 2.58. The van der Waals surface area contributed by atoms with Crippen LogP contribution in [0.15, 0.2) is 70.9 Å². The number of hydrogen-bond acceptors (Lipinski definition) is 3. The monoisotopic (exact) mass is 415 g/mol. The highest BCUT2D eigenvalue weighted by Crippen LogP contribution is 2.63. The predicted octanol–water partition coefficient (Wildman–Crippen LogP) is 6.49. The van der Waals surface area contributed by atoms with E-state index in [1.165, 1.54) is 39.0 Å². The first-order valence-corrected chi connectivity index (χ1v) is 11.4. The molecular formula is C29H25N3. The Balaban J connectivity index is 1.87. The van der Waals surface area contributed by atoms with E-state index in [9.17, 15) is 10.5 Å². The van der Waals surface area contributed by atoms with Crippen LogP contribution in [0, 0.1) is 28.6 Å². The van der Waals surface area contributed by atoms with Crippen molar-refractivity contribution in [1.29, 1.82) is 10.5 Å². The number of nitrogens with zero attached hydrogens (tertiary/aromatic N) is 2. The van der Waals surface area contributed by atoms with Crippen LogP contribution < -0.4 is 5.32 Å². The van der Waals surface area contributed by atoms with Crippen molar-refractivity contribution in [3.05, 3.63) is 93.2 Å². The Hall–Kier alpha value is -3.82. The quantitative estimate of drug-likeness (QED) is 0.580. The van der Waals surface area contributed by atoms with Gasteiger partial charge in [0.05, 0.1) is 6.07 Å². The maximum atomic E-state index is 10.1. The Morgan fingerprint density at radius 1 is 0.812 bits per heavy atom. The van der Waals surface area contributed by atoms with E-state index in [1.807, 2.05) is 13.0 Å². The van der Waals surface area contributed by atoms with Crippen LogP contribution >= 0.6 is 0 Å². The number of benzene rings is 2. The SMILES string of the molecule is CCC/C(C#N)=C1\C2=C(C3=C(/C(=C(/C#N)NCC)c4ccccc43)C2C)c2ccccc21. The molecule has 156 valence electrons. The lowest BCUT2D eigenvalue weighted by Crippen LogP contribution is -2.14. The van der Waals surface area contributed by atoms with E-state index in [-0.39, 0.29) is 5.92 Å². The minimum Gasteiger partial charge on any atom is -0.376 e. The molecule has 0 saturated carbocycles. The number of fused-ring (bicyclic) bond motifs is 5. The summed E-state index contributed by atoms with van der Waals surface area (Å²) in [6.07, 6.45) is 1.71. The number of nitrogens with one attached hydrogen (secondary N) is 1. The zero-order valence-corrected chi connectivity index (χ0v) is 18.7. The van der Waals surface area contributed by atoms with E-state index >= 15 is 0 Å². The van der Waals surface area contributed by atoms with Gasteiger partial charge in [0.25, 0.3) is 0 Å². The molecule has 1 atom stereocenters. The molecule has 0 fully saturated rings. The Kier molecular flexibility index (Phi) is 4.84. The minimum atomic E-state index is 0.104. The van der Waals surface area contributed by atoms with Gasteiger partial charge in [0.15, 0.2) is 0 Å². The lowest BCUT2D eigenvalue weighted by atomic mass is 9.84. The Labute approximate surface area is 189 Å². The molecule has 0 amide bonds. The van der Waals surface area contributed by atoms with Gasteiger partial charge in [-0.1, -0.05) is 68.8 Å². The van der Waals surface area contributed by atoms with E-state index in [4.69, 9.17) is 0 Å². The van der Waals surface area contributed by atoms with E-state index in [0.29, 0.717) is 12.2 Å². The molecule has 0 aliphatic heterocycles. The topological polar surface area (TPSA) is 59.6 Å². The second kappa shape index (κ2) is 7.70. The molecule has 0 spiro atoms. The van der Waals surface area contributed by atoms with E-state index in [0.717, 1.165) is 35.1 Å².